The topological polar surface area (TPSA) is 12.5 Å². The van der Waals surface area contributed by atoms with Gasteiger partial charge in [0.1, 0.15) is 0 Å². The Hall–Kier alpha value is -1.02. The fraction of sp³-hybridized carbons (Fsp3) is 0.571. The number of anilines is 1. The van der Waals surface area contributed by atoms with E-state index in [2.05, 4.69) is 56.0 Å². The predicted molar refractivity (Wildman–Crippen MR) is 67.9 cm³/mol. The Morgan fingerprint density at radius 1 is 1.19 bits per heavy atom. The fourth-order valence-corrected chi connectivity index (χ4v) is 2.05. The minimum Gasteiger partial charge on any atom is -0.374 e. The third-order valence-electron chi connectivity index (χ3n) is 3.15. The van der Waals surface area contributed by atoms with E-state index in [4.69, 9.17) is 4.74 Å². The number of hydrogen-bond acceptors (Lipinski definition) is 2. The van der Waals surface area contributed by atoms with Crippen LogP contribution in [0.2, 0.25) is 0 Å². The maximum Gasteiger partial charge on any atom is 0.0798 e. The summed E-state index contributed by atoms with van der Waals surface area (Å²) in [5.74, 6) is 0. The molecule has 1 aliphatic rings. The summed E-state index contributed by atoms with van der Waals surface area (Å²) >= 11 is 0. The predicted octanol–water partition coefficient (Wildman–Crippen LogP) is 2.94. The maximum absolute atomic E-state index is 5.85. The molecule has 1 aromatic carbocycles. The number of ether oxygens (including phenoxy) is 1. The van der Waals surface area contributed by atoms with Crippen LogP contribution in [0.15, 0.2) is 30.3 Å². The van der Waals surface area contributed by atoms with Gasteiger partial charge in [-0.1, -0.05) is 39.0 Å². The number of para-hydroxylation sites is 1. The summed E-state index contributed by atoms with van der Waals surface area (Å²) in [5.41, 5.74) is 1.52. The summed E-state index contributed by atoms with van der Waals surface area (Å²) in [6, 6.07) is 10.6. The van der Waals surface area contributed by atoms with E-state index in [1.807, 2.05) is 0 Å². The normalized spacial score (nSPS) is 22.2. The van der Waals surface area contributed by atoms with E-state index in [0.29, 0.717) is 6.10 Å². The Bertz CT molecular complexity index is 328. The summed E-state index contributed by atoms with van der Waals surface area (Å²) < 4.78 is 5.85. The molecule has 16 heavy (non-hydrogen) atoms. The molecular weight excluding hydrogens is 198 g/mol. The standard InChI is InChI=1S/C14H21NO/c1-14(2,3)13-11-15(9-10-16-13)12-7-5-4-6-8-12/h4-8,13H,9-11H2,1-3H3. The summed E-state index contributed by atoms with van der Waals surface area (Å²) in [7, 11) is 0. The van der Waals surface area contributed by atoms with Crippen LogP contribution in [0.5, 0.6) is 0 Å². The molecule has 1 fully saturated rings. The van der Waals surface area contributed by atoms with Gasteiger partial charge < -0.3 is 9.64 Å². The number of benzene rings is 1. The number of nitrogens with zero attached hydrogens (tertiary/aromatic N) is 1. The molecule has 1 aromatic rings. The van der Waals surface area contributed by atoms with Gasteiger partial charge in [-0.05, 0) is 17.5 Å². The first-order chi connectivity index (χ1) is 7.57. The van der Waals surface area contributed by atoms with Crippen molar-refractivity contribution in [2.45, 2.75) is 26.9 Å². The molecule has 2 rings (SSSR count). The zero-order valence-electron chi connectivity index (χ0n) is 10.4. The van der Waals surface area contributed by atoms with Crippen LogP contribution in [0.4, 0.5) is 5.69 Å². The Balaban J connectivity index is 2.08. The zero-order chi connectivity index (χ0) is 11.6. The van der Waals surface area contributed by atoms with Gasteiger partial charge in [0.25, 0.3) is 0 Å². The molecule has 2 heteroatoms. The van der Waals surface area contributed by atoms with E-state index in [1.165, 1.54) is 5.69 Å². The molecule has 0 saturated carbocycles. The second kappa shape index (κ2) is 4.46. The van der Waals surface area contributed by atoms with E-state index in [1.54, 1.807) is 0 Å². The monoisotopic (exact) mass is 219 g/mol. The van der Waals surface area contributed by atoms with Crippen LogP contribution in [0.1, 0.15) is 20.8 Å². The van der Waals surface area contributed by atoms with E-state index in [-0.39, 0.29) is 5.41 Å². The van der Waals surface area contributed by atoms with Gasteiger partial charge in [-0.25, -0.2) is 0 Å². The second-order valence-corrected chi connectivity index (χ2v) is 5.51. The lowest BCUT2D eigenvalue weighted by atomic mass is 9.88. The molecule has 0 bridgehead atoms. The third-order valence-corrected chi connectivity index (χ3v) is 3.15. The van der Waals surface area contributed by atoms with Crippen LogP contribution >= 0.6 is 0 Å². The average Bonchev–Trinajstić information content (AvgIpc) is 2.29. The van der Waals surface area contributed by atoms with Crippen molar-refractivity contribution >= 4 is 5.69 Å². The van der Waals surface area contributed by atoms with E-state index < -0.39 is 0 Å². The van der Waals surface area contributed by atoms with Crippen LogP contribution in [0, 0.1) is 5.41 Å². The first-order valence-corrected chi connectivity index (χ1v) is 5.99. The zero-order valence-corrected chi connectivity index (χ0v) is 10.4. The Morgan fingerprint density at radius 2 is 1.88 bits per heavy atom. The summed E-state index contributed by atoms with van der Waals surface area (Å²) in [4.78, 5) is 2.42. The van der Waals surface area contributed by atoms with Gasteiger partial charge in [0, 0.05) is 18.8 Å². The summed E-state index contributed by atoms with van der Waals surface area (Å²) in [6.07, 6.45) is 0.321. The molecule has 1 aliphatic heterocycles. The van der Waals surface area contributed by atoms with E-state index in [9.17, 15) is 0 Å². The van der Waals surface area contributed by atoms with Crippen molar-refractivity contribution in [3.05, 3.63) is 30.3 Å². The van der Waals surface area contributed by atoms with Crippen LogP contribution in [-0.2, 0) is 4.74 Å². The molecule has 2 nitrogen and oxygen atoms in total. The lowest BCUT2D eigenvalue weighted by molar-refractivity contribution is -0.0265. The largest absolute Gasteiger partial charge is 0.374 e. The van der Waals surface area contributed by atoms with Gasteiger partial charge in [-0.15, -0.1) is 0 Å². The maximum atomic E-state index is 5.85. The molecule has 0 radical (unpaired) electrons. The highest BCUT2D eigenvalue weighted by Gasteiger charge is 2.30. The van der Waals surface area contributed by atoms with Crippen molar-refractivity contribution in [2.75, 3.05) is 24.6 Å². The van der Waals surface area contributed by atoms with Gasteiger partial charge >= 0.3 is 0 Å². The first-order valence-electron chi connectivity index (χ1n) is 5.99. The van der Waals surface area contributed by atoms with Crippen LogP contribution < -0.4 is 4.90 Å². The number of hydrogen-bond donors (Lipinski definition) is 0. The highest BCUT2D eigenvalue weighted by atomic mass is 16.5. The number of rotatable bonds is 1. The molecule has 0 spiro atoms. The van der Waals surface area contributed by atoms with Gasteiger partial charge in [-0.2, -0.15) is 0 Å². The summed E-state index contributed by atoms with van der Waals surface area (Å²) in [5, 5.41) is 0. The minimum atomic E-state index is 0.216. The summed E-state index contributed by atoms with van der Waals surface area (Å²) in [6.45, 7) is 9.55. The SMILES string of the molecule is CC(C)(C)C1CN(c2ccccc2)CCO1. The average molecular weight is 219 g/mol. The van der Waals surface area contributed by atoms with Gasteiger partial charge in [0.05, 0.1) is 12.7 Å². The minimum absolute atomic E-state index is 0.216. The van der Waals surface area contributed by atoms with E-state index >= 15 is 0 Å². The smallest absolute Gasteiger partial charge is 0.0798 e. The van der Waals surface area contributed by atoms with Crippen LogP contribution in [0.3, 0.4) is 0 Å². The lowest BCUT2D eigenvalue weighted by Gasteiger charge is -2.40. The molecule has 1 saturated heterocycles. The quantitative estimate of drug-likeness (QED) is 0.720. The van der Waals surface area contributed by atoms with Crippen molar-refractivity contribution in [1.29, 1.82) is 0 Å². The first kappa shape index (κ1) is 11.5. The molecule has 1 unspecified atom stereocenters. The highest BCUT2D eigenvalue weighted by Crippen LogP contribution is 2.27. The van der Waals surface area contributed by atoms with Crippen LogP contribution in [0.25, 0.3) is 0 Å². The van der Waals surface area contributed by atoms with Gasteiger partial charge in [0.15, 0.2) is 0 Å². The molecular formula is C14H21NO. The molecule has 1 heterocycles. The fourth-order valence-electron chi connectivity index (χ4n) is 2.05. The van der Waals surface area contributed by atoms with Crippen molar-refractivity contribution < 1.29 is 4.74 Å². The lowest BCUT2D eigenvalue weighted by Crippen LogP contribution is -2.48. The van der Waals surface area contributed by atoms with Crippen molar-refractivity contribution in [1.82, 2.24) is 0 Å². The molecule has 1 atom stereocenters. The van der Waals surface area contributed by atoms with Crippen molar-refractivity contribution in [2.24, 2.45) is 5.41 Å². The molecule has 88 valence electrons. The molecule has 0 amide bonds. The Kier molecular flexibility index (Phi) is 3.20. The van der Waals surface area contributed by atoms with Crippen LogP contribution in [-0.4, -0.2) is 25.8 Å². The van der Waals surface area contributed by atoms with Gasteiger partial charge in [0.2, 0.25) is 0 Å². The second-order valence-electron chi connectivity index (χ2n) is 5.51. The van der Waals surface area contributed by atoms with Crippen molar-refractivity contribution in [3.8, 4) is 0 Å². The van der Waals surface area contributed by atoms with Gasteiger partial charge in [-0.3, -0.25) is 0 Å². The molecule has 0 aromatic heterocycles. The third kappa shape index (κ3) is 2.56. The Morgan fingerprint density at radius 3 is 2.50 bits per heavy atom. The molecule has 0 aliphatic carbocycles. The number of morpholine rings is 1. The van der Waals surface area contributed by atoms with E-state index in [0.717, 1.165) is 19.7 Å². The highest BCUT2D eigenvalue weighted by molar-refractivity contribution is 5.46. The molecule has 0 N–H and O–H groups in total. The Labute approximate surface area is 98.2 Å². The van der Waals surface area contributed by atoms with Crippen molar-refractivity contribution in [3.63, 3.8) is 0 Å².